The lowest BCUT2D eigenvalue weighted by Gasteiger charge is -2.04. The minimum atomic E-state index is -3.65. The Morgan fingerprint density at radius 3 is 2.56 bits per heavy atom. The lowest BCUT2D eigenvalue weighted by molar-refractivity contribution is 0.551. The Morgan fingerprint density at radius 1 is 1.19 bits per heavy atom. The van der Waals surface area contributed by atoms with Gasteiger partial charge in [0, 0.05) is 12.5 Å². The van der Waals surface area contributed by atoms with Crippen LogP contribution in [0.2, 0.25) is 4.34 Å². The minimum Gasteiger partial charge on any atom is -0.247 e. The summed E-state index contributed by atoms with van der Waals surface area (Å²) in [5.41, 5.74) is 0.505. The average Bonchev–Trinajstić information content (AvgIpc) is 3.31. The van der Waals surface area contributed by atoms with Crippen molar-refractivity contribution in [2.45, 2.75) is 29.5 Å². The summed E-state index contributed by atoms with van der Waals surface area (Å²) in [5.74, 6) is 1.02. The highest BCUT2D eigenvalue weighted by molar-refractivity contribution is 7.91. The Hall–Kier alpha value is -1.94. The van der Waals surface area contributed by atoms with Crippen LogP contribution < -0.4 is 10.4 Å². The molecular formula is C17H17ClN4O3S2. The van der Waals surface area contributed by atoms with E-state index in [0.717, 1.165) is 35.7 Å². The van der Waals surface area contributed by atoms with Crippen LogP contribution in [0.25, 0.3) is 5.69 Å². The van der Waals surface area contributed by atoms with Crippen LogP contribution in [0, 0.1) is 0 Å². The van der Waals surface area contributed by atoms with Gasteiger partial charge < -0.3 is 0 Å². The maximum Gasteiger partial charge on any atom is 0.350 e. The Morgan fingerprint density at radius 2 is 1.93 bits per heavy atom. The van der Waals surface area contributed by atoms with Crippen LogP contribution in [0.5, 0.6) is 0 Å². The van der Waals surface area contributed by atoms with Crippen LogP contribution in [-0.2, 0) is 16.6 Å². The molecule has 2 aromatic heterocycles. The van der Waals surface area contributed by atoms with Crippen LogP contribution in [-0.4, -0.2) is 29.3 Å². The molecule has 0 saturated heterocycles. The molecule has 0 atom stereocenters. The number of hydrogen-bond acceptors (Lipinski definition) is 5. The first-order valence-electron chi connectivity index (χ1n) is 8.46. The van der Waals surface area contributed by atoms with E-state index in [4.69, 9.17) is 11.6 Å². The van der Waals surface area contributed by atoms with Gasteiger partial charge >= 0.3 is 5.69 Å². The molecule has 1 N–H and O–H groups in total. The second kappa shape index (κ2) is 7.23. The van der Waals surface area contributed by atoms with Gasteiger partial charge in [-0.2, -0.15) is 5.10 Å². The molecule has 4 rings (SSSR count). The topological polar surface area (TPSA) is 86.0 Å². The third kappa shape index (κ3) is 3.86. The van der Waals surface area contributed by atoms with Gasteiger partial charge in [-0.3, -0.25) is 0 Å². The summed E-state index contributed by atoms with van der Waals surface area (Å²) in [4.78, 5) is 12.8. The summed E-state index contributed by atoms with van der Waals surface area (Å²) in [6, 6.07) is 12.4. The van der Waals surface area contributed by atoms with E-state index < -0.39 is 10.0 Å². The standard InChI is InChI=1S/C17H17ClN4O3S2/c18-14-8-9-15(26-14)27(24,25)19-10-11-21-17(23)22(13-4-2-1-3-5-13)16(20-21)12-6-7-12/h1-5,8-9,12,19H,6-7,10-11H2. The molecule has 1 fully saturated rings. The molecule has 0 bridgehead atoms. The number of para-hydroxylation sites is 1. The fourth-order valence-electron chi connectivity index (χ4n) is 2.79. The summed E-state index contributed by atoms with van der Waals surface area (Å²) >= 11 is 6.79. The average molecular weight is 425 g/mol. The van der Waals surface area contributed by atoms with Gasteiger partial charge in [-0.05, 0) is 37.1 Å². The van der Waals surface area contributed by atoms with Crippen molar-refractivity contribution < 1.29 is 8.42 Å². The normalized spacial score (nSPS) is 14.6. The second-order valence-electron chi connectivity index (χ2n) is 6.27. The molecule has 0 aliphatic heterocycles. The smallest absolute Gasteiger partial charge is 0.247 e. The van der Waals surface area contributed by atoms with Crippen molar-refractivity contribution in [1.82, 2.24) is 19.1 Å². The van der Waals surface area contributed by atoms with E-state index in [1.165, 1.54) is 16.8 Å². The Balaban J connectivity index is 1.54. The fourth-order valence-corrected chi connectivity index (χ4v) is 5.34. The number of thiophene rings is 1. The number of halogens is 1. The molecule has 0 amide bonds. The summed E-state index contributed by atoms with van der Waals surface area (Å²) in [5, 5.41) is 4.46. The van der Waals surface area contributed by atoms with Gasteiger partial charge in [0.25, 0.3) is 0 Å². The first kappa shape index (κ1) is 18.4. The van der Waals surface area contributed by atoms with Crippen LogP contribution in [0.4, 0.5) is 0 Å². The van der Waals surface area contributed by atoms with Crippen molar-refractivity contribution in [3.63, 3.8) is 0 Å². The van der Waals surface area contributed by atoms with Crippen LogP contribution >= 0.6 is 22.9 Å². The van der Waals surface area contributed by atoms with Gasteiger partial charge in [-0.25, -0.2) is 27.2 Å². The highest BCUT2D eigenvalue weighted by Crippen LogP contribution is 2.39. The maximum absolute atomic E-state index is 12.8. The molecule has 1 saturated carbocycles. The Labute approximate surface area is 165 Å². The van der Waals surface area contributed by atoms with E-state index in [1.54, 1.807) is 4.57 Å². The summed E-state index contributed by atoms with van der Waals surface area (Å²) in [6.45, 7) is 0.213. The highest BCUT2D eigenvalue weighted by atomic mass is 35.5. The van der Waals surface area contributed by atoms with Gasteiger partial charge in [0.15, 0.2) is 0 Å². The van der Waals surface area contributed by atoms with Crippen LogP contribution in [0.3, 0.4) is 0 Å². The Kier molecular flexibility index (Phi) is 4.94. The fraction of sp³-hybridized carbons (Fsp3) is 0.294. The minimum absolute atomic E-state index is 0.0632. The van der Waals surface area contributed by atoms with Gasteiger partial charge in [0.1, 0.15) is 10.0 Å². The van der Waals surface area contributed by atoms with E-state index in [9.17, 15) is 13.2 Å². The van der Waals surface area contributed by atoms with Crippen molar-refractivity contribution >= 4 is 33.0 Å². The maximum atomic E-state index is 12.8. The molecule has 0 spiro atoms. The molecule has 0 unspecified atom stereocenters. The first-order chi connectivity index (χ1) is 13.0. The van der Waals surface area contributed by atoms with E-state index >= 15 is 0 Å². The largest absolute Gasteiger partial charge is 0.350 e. The number of rotatable bonds is 7. The quantitative estimate of drug-likeness (QED) is 0.631. The molecule has 10 heteroatoms. The van der Waals surface area contributed by atoms with Crippen molar-refractivity contribution in [2.24, 2.45) is 0 Å². The van der Waals surface area contributed by atoms with Gasteiger partial charge in [-0.15, -0.1) is 11.3 Å². The predicted molar refractivity (Wildman–Crippen MR) is 104 cm³/mol. The zero-order valence-electron chi connectivity index (χ0n) is 14.2. The number of benzene rings is 1. The highest BCUT2D eigenvalue weighted by Gasteiger charge is 2.31. The zero-order chi connectivity index (χ0) is 19.0. The summed E-state index contributed by atoms with van der Waals surface area (Å²) < 4.78 is 30.5. The van der Waals surface area contributed by atoms with Crippen LogP contribution in [0.15, 0.2) is 51.5 Å². The lowest BCUT2D eigenvalue weighted by Crippen LogP contribution is -2.31. The van der Waals surface area contributed by atoms with Crippen LogP contribution in [0.1, 0.15) is 24.6 Å². The Bertz CT molecular complexity index is 1110. The van der Waals surface area contributed by atoms with Gasteiger partial charge in [0.05, 0.1) is 16.6 Å². The van der Waals surface area contributed by atoms with E-state index in [2.05, 4.69) is 9.82 Å². The van der Waals surface area contributed by atoms with Gasteiger partial charge in [0.2, 0.25) is 10.0 Å². The second-order valence-corrected chi connectivity index (χ2v) is 9.97. The van der Waals surface area contributed by atoms with E-state index in [-0.39, 0.29) is 28.9 Å². The summed E-state index contributed by atoms with van der Waals surface area (Å²) in [7, 11) is -3.65. The van der Waals surface area contributed by atoms with Crippen molar-refractivity contribution in [1.29, 1.82) is 0 Å². The monoisotopic (exact) mass is 424 g/mol. The summed E-state index contributed by atoms with van der Waals surface area (Å²) in [6.07, 6.45) is 2.02. The molecule has 7 nitrogen and oxygen atoms in total. The van der Waals surface area contributed by atoms with Crippen molar-refractivity contribution in [3.05, 3.63) is 63.1 Å². The molecule has 3 aromatic rings. The molecule has 2 heterocycles. The van der Waals surface area contributed by atoms with Crippen molar-refractivity contribution in [2.75, 3.05) is 6.54 Å². The number of nitrogens with zero attached hydrogens (tertiary/aromatic N) is 3. The molecule has 1 aliphatic rings. The number of sulfonamides is 1. The SMILES string of the molecule is O=c1n(CCNS(=O)(=O)c2ccc(Cl)s2)nc(C2CC2)n1-c1ccccc1. The predicted octanol–water partition coefficient (Wildman–Crippen LogP) is 2.60. The molecular weight excluding hydrogens is 408 g/mol. The first-order valence-corrected chi connectivity index (χ1v) is 11.1. The molecule has 142 valence electrons. The molecule has 1 aromatic carbocycles. The third-order valence-electron chi connectivity index (χ3n) is 4.25. The van der Waals surface area contributed by atoms with Crippen molar-refractivity contribution in [3.8, 4) is 5.69 Å². The third-order valence-corrected chi connectivity index (χ3v) is 7.43. The lowest BCUT2D eigenvalue weighted by atomic mass is 10.3. The zero-order valence-corrected chi connectivity index (χ0v) is 16.6. The number of hydrogen-bond donors (Lipinski definition) is 1. The molecule has 0 radical (unpaired) electrons. The van der Waals surface area contributed by atoms with Gasteiger partial charge in [-0.1, -0.05) is 29.8 Å². The molecule has 27 heavy (non-hydrogen) atoms. The number of aromatic nitrogens is 3. The number of nitrogens with one attached hydrogen (secondary N) is 1. The van der Waals surface area contributed by atoms with E-state index in [0.29, 0.717) is 4.34 Å². The van der Waals surface area contributed by atoms with E-state index in [1.807, 2.05) is 30.3 Å². The molecule has 1 aliphatic carbocycles.